The smallest absolute Gasteiger partial charge is 0.245 e. The third-order valence-electron chi connectivity index (χ3n) is 6.58. The second-order valence-corrected chi connectivity index (χ2v) is 9.24. The number of hydrogen-bond donors (Lipinski definition) is 0. The summed E-state index contributed by atoms with van der Waals surface area (Å²) in [4.78, 5) is 31.9. The Kier molecular flexibility index (Phi) is 5.83. The van der Waals surface area contributed by atoms with Gasteiger partial charge in [0.2, 0.25) is 11.8 Å². The molecule has 1 aromatic rings. The van der Waals surface area contributed by atoms with Gasteiger partial charge in [-0.05, 0) is 56.4 Å². The van der Waals surface area contributed by atoms with Crippen molar-refractivity contribution in [3.05, 3.63) is 22.4 Å². The zero-order chi connectivity index (χ0) is 18.7. The molecular formula is C21H30N2O3S. The van der Waals surface area contributed by atoms with Gasteiger partial charge in [-0.25, -0.2) is 0 Å². The molecule has 0 bridgehead atoms. The van der Waals surface area contributed by atoms with E-state index in [0.29, 0.717) is 26.2 Å². The molecule has 148 valence electrons. The molecule has 1 aromatic heterocycles. The first kappa shape index (κ1) is 18.9. The summed E-state index contributed by atoms with van der Waals surface area (Å²) in [6.45, 7) is 3.80. The van der Waals surface area contributed by atoms with Crippen LogP contribution in [0.5, 0.6) is 0 Å². The minimum atomic E-state index is -0.305. The fraction of sp³-hybridized carbons (Fsp3) is 0.714. The van der Waals surface area contributed by atoms with Crippen molar-refractivity contribution < 1.29 is 14.3 Å². The summed E-state index contributed by atoms with van der Waals surface area (Å²) in [7, 11) is 0. The van der Waals surface area contributed by atoms with Crippen LogP contribution in [0, 0.1) is 5.41 Å². The van der Waals surface area contributed by atoms with E-state index in [1.54, 1.807) is 11.3 Å². The lowest BCUT2D eigenvalue weighted by Gasteiger charge is -2.52. The monoisotopic (exact) mass is 390 g/mol. The maximum absolute atomic E-state index is 13.6. The quantitative estimate of drug-likeness (QED) is 0.797. The second kappa shape index (κ2) is 8.31. The molecule has 2 amide bonds. The number of nitrogens with zero attached hydrogens (tertiary/aromatic N) is 2. The molecule has 27 heavy (non-hydrogen) atoms. The van der Waals surface area contributed by atoms with Crippen LogP contribution in [0.3, 0.4) is 0 Å². The molecule has 0 N–H and O–H groups in total. The molecule has 4 rings (SSSR count). The highest BCUT2D eigenvalue weighted by Gasteiger charge is 2.51. The number of carbonyl (C=O) groups excluding carboxylic acids is 2. The van der Waals surface area contributed by atoms with Crippen LogP contribution >= 0.6 is 11.3 Å². The van der Waals surface area contributed by atoms with Gasteiger partial charge in [0.25, 0.3) is 0 Å². The Morgan fingerprint density at radius 3 is 2.56 bits per heavy atom. The van der Waals surface area contributed by atoms with Gasteiger partial charge in [0.05, 0.1) is 6.42 Å². The highest BCUT2D eigenvalue weighted by molar-refractivity contribution is 7.10. The number of piperidine rings is 2. The van der Waals surface area contributed by atoms with Crippen molar-refractivity contribution in [2.75, 3.05) is 32.8 Å². The van der Waals surface area contributed by atoms with E-state index in [1.807, 2.05) is 27.3 Å². The van der Waals surface area contributed by atoms with Gasteiger partial charge >= 0.3 is 0 Å². The molecule has 5 nitrogen and oxygen atoms in total. The fourth-order valence-electron chi connectivity index (χ4n) is 5.11. The number of rotatable bonds is 3. The van der Waals surface area contributed by atoms with E-state index in [-0.39, 0.29) is 23.3 Å². The van der Waals surface area contributed by atoms with Crippen LogP contribution in [0.1, 0.15) is 49.8 Å². The Morgan fingerprint density at radius 1 is 1.07 bits per heavy atom. The first-order chi connectivity index (χ1) is 13.2. The number of hydrogen-bond acceptors (Lipinski definition) is 4. The Balaban J connectivity index is 1.60. The minimum Gasteiger partial charge on any atom is -0.381 e. The van der Waals surface area contributed by atoms with Crippen molar-refractivity contribution in [2.45, 2.75) is 57.4 Å². The summed E-state index contributed by atoms with van der Waals surface area (Å²) in [6.07, 6.45) is 7.57. The maximum Gasteiger partial charge on any atom is 0.245 e. The third-order valence-corrected chi connectivity index (χ3v) is 7.46. The molecule has 1 unspecified atom stereocenters. The number of ether oxygens (including phenoxy) is 1. The fourth-order valence-corrected chi connectivity index (χ4v) is 5.81. The van der Waals surface area contributed by atoms with Crippen molar-refractivity contribution in [3.8, 4) is 0 Å². The van der Waals surface area contributed by atoms with Gasteiger partial charge < -0.3 is 14.5 Å². The Hall–Kier alpha value is -1.40. The summed E-state index contributed by atoms with van der Waals surface area (Å²) >= 11 is 1.62. The van der Waals surface area contributed by atoms with Gasteiger partial charge in [-0.2, -0.15) is 0 Å². The normalized spacial score (nSPS) is 25.6. The molecule has 0 saturated carbocycles. The number of carbonyl (C=O) groups is 2. The van der Waals surface area contributed by atoms with Gasteiger partial charge in [-0.3, -0.25) is 9.59 Å². The highest BCUT2D eigenvalue weighted by atomic mass is 32.1. The Morgan fingerprint density at radius 2 is 1.85 bits per heavy atom. The number of likely N-dealkylation sites (tertiary alicyclic amines) is 2. The minimum absolute atomic E-state index is 0.101. The lowest BCUT2D eigenvalue weighted by Crippen LogP contribution is -2.63. The predicted molar refractivity (Wildman–Crippen MR) is 106 cm³/mol. The van der Waals surface area contributed by atoms with Crippen LogP contribution in [-0.2, 0) is 20.7 Å². The van der Waals surface area contributed by atoms with Crippen molar-refractivity contribution in [1.29, 1.82) is 0 Å². The van der Waals surface area contributed by atoms with Crippen LogP contribution in [0.15, 0.2) is 17.5 Å². The summed E-state index contributed by atoms with van der Waals surface area (Å²) in [6, 6.07) is 3.69. The highest BCUT2D eigenvalue weighted by Crippen LogP contribution is 2.45. The van der Waals surface area contributed by atoms with Gasteiger partial charge in [0.1, 0.15) is 6.04 Å². The van der Waals surface area contributed by atoms with Gasteiger partial charge in [-0.15, -0.1) is 11.3 Å². The lowest BCUT2D eigenvalue weighted by atomic mass is 9.67. The van der Waals surface area contributed by atoms with E-state index < -0.39 is 0 Å². The summed E-state index contributed by atoms with van der Waals surface area (Å²) in [5.74, 6) is 0.300. The van der Waals surface area contributed by atoms with E-state index in [2.05, 4.69) is 0 Å². The van der Waals surface area contributed by atoms with Crippen molar-refractivity contribution >= 4 is 23.2 Å². The SMILES string of the molecule is O=C(C1N(C(=O)Cc2cccs2)CCCC12CCOCC2)N1CCCCC1. The molecule has 3 fully saturated rings. The molecule has 6 heteroatoms. The molecule has 0 aliphatic carbocycles. The molecule has 1 spiro atoms. The van der Waals surface area contributed by atoms with E-state index in [9.17, 15) is 9.59 Å². The van der Waals surface area contributed by atoms with Gasteiger partial charge in [0.15, 0.2) is 0 Å². The van der Waals surface area contributed by atoms with Crippen molar-refractivity contribution in [2.24, 2.45) is 5.41 Å². The topological polar surface area (TPSA) is 49.9 Å². The molecule has 3 aliphatic rings. The maximum atomic E-state index is 13.6. The first-order valence-corrected chi connectivity index (χ1v) is 11.3. The van der Waals surface area contributed by atoms with E-state index >= 15 is 0 Å². The average molecular weight is 391 g/mol. The van der Waals surface area contributed by atoms with Crippen molar-refractivity contribution in [1.82, 2.24) is 9.80 Å². The molecule has 3 saturated heterocycles. The third kappa shape index (κ3) is 3.92. The van der Waals surface area contributed by atoms with Crippen LogP contribution in [0.25, 0.3) is 0 Å². The molecule has 0 aromatic carbocycles. The standard InChI is InChI=1S/C21H30N2O3S/c24-18(16-17-6-4-15-27-17)23-12-5-7-21(8-13-26-14-9-21)19(23)20(25)22-10-2-1-3-11-22/h4,6,15,19H,1-3,5,7-14,16H2. The van der Waals surface area contributed by atoms with Crippen LogP contribution in [0.2, 0.25) is 0 Å². The predicted octanol–water partition coefficient (Wildman–Crippen LogP) is 3.09. The second-order valence-electron chi connectivity index (χ2n) is 8.21. The van der Waals surface area contributed by atoms with Gasteiger partial charge in [-0.1, -0.05) is 6.07 Å². The molecule has 3 aliphatic heterocycles. The summed E-state index contributed by atoms with van der Waals surface area (Å²) in [5, 5.41) is 2.01. The van der Waals surface area contributed by atoms with E-state index in [1.165, 1.54) is 6.42 Å². The van der Waals surface area contributed by atoms with Crippen LogP contribution in [-0.4, -0.2) is 60.5 Å². The Labute approximate surface area is 165 Å². The molecule has 1 atom stereocenters. The molecule has 4 heterocycles. The van der Waals surface area contributed by atoms with Crippen LogP contribution < -0.4 is 0 Å². The summed E-state index contributed by atoms with van der Waals surface area (Å²) < 4.78 is 5.62. The molecular weight excluding hydrogens is 360 g/mol. The Bertz CT molecular complexity index is 643. The van der Waals surface area contributed by atoms with E-state index in [0.717, 1.165) is 56.5 Å². The lowest BCUT2D eigenvalue weighted by molar-refractivity contribution is -0.161. The van der Waals surface area contributed by atoms with E-state index in [4.69, 9.17) is 4.74 Å². The summed E-state index contributed by atoms with van der Waals surface area (Å²) in [5.41, 5.74) is -0.101. The zero-order valence-electron chi connectivity index (χ0n) is 16.0. The number of thiophene rings is 1. The van der Waals surface area contributed by atoms with Crippen molar-refractivity contribution in [3.63, 3.8) is 0 Å². The number of amides is 2. The van der Waals surface area contributed by atoms with Gasteiger partial charge in [0, 0.05) is 43.1 Å². The largest absolute Gasteiger partial charge is 0.381 e. The average Bonchev–Trinajstić information content (AvgIpc) is 3.21. The first-order valence-electron chi connectivity index (χ1n) is 10.4. The van der Waals surface area contributed by atoms with Crippen LogP contribution in [0.4, 0.5) is 0 Å². The zero-order valence-corrected chi connectivity index (χ0v) is 16.8. The molecule has 0 radical (unpaired) electrons.